The maximum absolute atomic E-state index is 8.84. The fourth-order valence-electron chi connectivity index (χ4n) is 1.07. The minimum absolute atomic E-state index is 0.634. The average Bonchev–Trinajstić information content (AvgIpc) is 2.16. The Morgan fingerprint density at radius 1 is 1.54 bits per heavy atom. The van der Waals surface area contributed by atoms with Crippen molar-refractivity contribution < 1.29 is 0 Å². The second kappa shape index (κ2) is 3.90. The van der Waals surface area contributed by atoms with E-state index in [-0.39, 0.29) is 0 Å². The van der Waals surface area contributed by atoms with E-state index < -0.39 is 0 Å². The van der Waals surface area contributed by atoms with E-state index in [9.17, 15) is 0 Å². The van der Waals surface area contributed by atoms with Crippen molar-refractivity contribution >= 4 is 5.82 Å². The first-order chi connectivity index (χ1) is 6.19. The lowest BCUT2D eigenvalue weighted by atomic mass is 10.2. The van der Waals surface area contributed by atoms with E-state index in [0.29, 0.717) is 5.56 Å². The molecule has 0 aliphatic heterocycles. The van der Waals surface area contributed by atoms with E-state index >= 15 is 0 Å². The van der Waals surface area contributed by atoms with Crippen LogP contribution in [0.2, 0.25) is 0 Å². The van der Waals surface area contributed by atoms with Gasteiger partial charge < -0.3 is 4.90 Å². The fourth-order valence-corrected chi connectivity index (χ4v) is 1.07. The summed E-state index contributed by atoms with van der Waals surface area (Å²) in [6.07, 6.45) is 0. The zero-order valence-electron chi connectivity index (χ0n) is 8.20. The van der Waals surface area contributed by atoms with Crippen LogP contribution in [0.15, 0.2) is 12.1 Å². The molecule has 0 aromatic carbocycles. The van der Waals surface area contributed by atoms with Crippen LogP contribution >= 0.6 is 0 Å². The van der Waals surface area contributed by atoms with Gasteiger partial charge >= 0.3 is 0 Å². The molecule has 68 valence electrons. The predicted molar refractivity (Wildman–Crippen MR) is 52.6 cm³/mol. The van der Waals surface area contributed by atoms with Gasteiger partial charge in [0.2, 0.25) is 0 Å². The number of nitriles is 1. The van der Waals surface area contributed by atoms with Crippen LogP contribution in [0.3, 0.4) is 0 Å². The molecular formula is C10H13N3. The van der Waals surface area contributed by atoms with E-state index in [1.54, 1.807) is 0 Å². The Bertz CT molecular complexity index is 339. The summed E-state index contributed by atoms with van der Waals surface area (Å²) in [5, 5.41) is 8.84. The monoisotopic (exact) mass is 175 g/mol. The summed E-state index contributed by atoms with van der Waals surface area (Å²) < 4.78 is 0. The third-order valence-electron chi connectivity index (χ3n) is 1.97. The molecule has 3 nitrogen and oxygen atoms in total. The van der Waals surface area contributed by atoms with Crippen molar-refractivity contribution in [3.05, 3.63) is 23.4 Å². The molecule has 0 spiro atoms. The molecule has 0 aliphatic carbocycles. The van der Waals surface area contributed by atoms with Crippen molar-refractivity contribution in [1.82, 2.24) is 4.98 Å². The minimum Gasteiger partial charge on any atom is -0.359 e. The summed E-state index contributed by atoms with van der Waals surface area (Å²) in [4.78, 5) is 6.28. The zero-order chi connectivity index (χ0) is 9.84. The SMILES string of the molecule is CCN(C)c1nc(C)ccc1C#N. The Kier molecular flexibility index (Phi) is 2.86. The molecule has 0 radical (unpaired) electrons. The largest absolute Gasteiger partial charge is 0.359 e. The van der Waals surface area contributed by atoms with Crippen LogP contribution in [0.25, 0.3) is 0 Å². The summed E-state index contributed by atoms with van der Waals surface area (Å²) in [7, 11) is 1.93. The van der Waals surface area contributed by atoms with E-state index in [4.69, 9.17) is 5.26 Å². The fraction of sp³-hybridized carbons (Fsp3) is 0.400. The molecule has 0 fully saturated rings. The van der Waals surface area contributed by atoms with Crippen molar-refractivity contribution in [2.45, 2.75) is 13.8 Å². The molecular weight excluding hydrogens is 162 g/mol. The van der Waals surface area contributed by atoms with E-state index in [1.807, 2.05) is 37.9 Å². The molecule has 1 aromatic heterocycles. The number of hydrogen-bond acceptors (Lipinski definition) is 3. The number of pyridine rings is 1. The average molecular weight is 175 g/mol. The van der Waals surface area contributed by atoms with Crippen LogP contribution in [0.5, 0.6) is 0 Å². The Balaban J connectivity index is 3.17. The Hall–Kier alpha value is -1.56. The number of hydrogen-bond donors (Lipinski definition) is 0. The molecule has 0 amide bonds. The predicted octanol–water partition coefficient (Wildman–Crippen LogP) is 1.72. The molecule has 3 heteroatoms. The first-order valence-electron chi connectivity index (χ1n) is 4.28. The van der Waals surface area contributed by atoms with Gasteiger partial charge in [0.05, 0.1) is 5.56 Å². The van der Waals surface area contributed by atoms with E-state index in [2.05, 4.69) is 11.1 Å². The molecule has 0 N–H and O–H groups in total. The summed E-state index contributed by atoms with van der Waals surface area (Å²) in [5.41, 5.74) is 1.57. The first-order valence-corrected chi connectivity index (χ1v) is 4.28. The highest BCUT2D eigenvalue weighted by molar-refractivity contribution is 5.53. The second-order valence-corrected chi connectivity index (χ2v) is 2.95. The lowest BCUT2D eigenvalue weighted by Crippen LogP contribution is -2.18. The van der Waals surface area contributed by atoms with Crippen molar-refractivity contribution in [3.63, 3.8) is 0 Å². The molecule has 0 saturated carbocycles. The van der Waals surface area contributed by atoms with Gasteiger partial charge in [0, 0.05) is 19.3 Å². The summed E-state index contributed by atoms with van der Waals surface area (Å²) in [6.45, 7) is 4.81. The Labute approximate surface area is 78.6 Å². The number of aromatic nitrogens is 1. The van der Waals surface area contributed by atoms with Crippen molar-refractivity contribution in [3.8, 4) is 6.07 Å². The number of aryl methyl sites for hydroxylation is 1. The van der Waals surface area contributed by atoms with Gasteiger partial charge in [-0.15, -0.1) is 0 Å². The summed E-state index contributed by atoms with van der Waals surface area (Å²) in [5.74, 6) is 0.769. The van der Waals surface area contributed by atoms with Crippen LogP contribution < -0.4 is 4.90 Å². The lowest BCUT2D eigenvalue weighted by Gasteiger charge is -2.16. The lowest BCUT2D eigenvalue weighted by molar-refractivity contribution is 0.927. The third-order valence-corrected chi connectivity index (χ3v) is 1.97. The number of rotatable bonds is 2. The number of anilines is 1. The number of nitrogens with zero attached hydrogens (tertiary/aromatic N) is 3. The van der Waals surface area contributed by atoms with Crippen molar-refractivity contribution in [2.75, 3.05) is 18.5 Å². The molecule has 13 heavy (non-hydrogen) atoms. The standard InChI is InChI=1S/C10H13N3/c1-4-13(3)10-9(7-11)6-5-8(2)12-10/h5-6H,4H2,1-3H3. The quantitative estimate of drug-likeness (QED) is 0.687. The Morgan fingerprint density at radius 3 is 2.77 bits per heavy atom. The van der Waals surface area contributed by atoms with Gasteiger partial charge in [0.15, 0.2) is 0 Å². The van der Waals surface area contributed by atoms with Crippen molar-refractivity contribution in [1.29, 1.82) is 5.26 Å². The molecule has 0 unspecified atom stereocenters. The molecule has 0 aliphatic rings. The molecule has 0 atom stereocenters. The molecule has 1 aromatic rings. The van der Waals surface area contributed by atoms with Crippen LogP contribution in [0, 0.1) is 18.3 Å². The van der Waals surface area contributed by atoms with E-state index in [1.165, 1.54) is 0 Å². The summed E-state index contributed by atoms with van der Waals surface area (Å²) >= 11 is 0. The van der Waals surface area contributed by atoms with Crippen LogP contribution in [0.1, 0.15) is 18.2 Å². The third kappa shape index (κ3) is 1.97. The van der Waals surface area contributed by atoms with Gasteiger partial charge in [-0.05, 0) is 26.0 Å². The van der Waals surface area contributed by atoms with Gasteiger partial charge in [0.1, 0.15) is 11.9 Å². The maximum Gasteiger partial charge on any atom is 0.146 e. The summed E-state index contributed by atoms with van der Waals surface area (Å²) in [6, 6.07) is 5.80. The highest BCUT2D eigenvalue weighted by atomic mass is 15.2. The maximum atomic E-state index is 8.84. The Morgan fingerprint density at radius 2 is 2.23 bits per heavy atom. The topological polar surface area (TPSA) is 39.9 Å². The minimum atomic E-state index is 0.634. The normalized spacial score (nSPS) is 9.38. The van der Waals surface area contributed by atoms with Gasteiger partial charge in [-0.1, -0.05) is 0 Å². The van der Waals surface area contributed by atoms with Crippen LogP contribution in [-0.2, 0) is 0 Å². The van der Waals surface area contributed by atoms with Gasteiger partial charge in [0.25, 0.3) is 0 Å². The van der Waals surface area contributed by atoms with Gasteiger partial charge in [-0.2, -0.15) is 5.26 Å². The highest BCUT2D eigenvalue weighted by Crippen LogP contribution is 2.15. The van der Waals surface area contributed by atoms with Crippen LogP contribution in [0.4, 0.5) is 5.82 Å². The smallest absolute Gasteiger partial charge is 0.146 e. The van der Waals surface area contributed by atoms with E-state index in [0.717, 1.165) is 18.1 Å². The molecule has 0 saturated heterocycles. The second-order valence-electron chi connectivity index (χ2n) is 2.95. The van der Waals surface area contributed by atoms with Gasteiger partial charge in [-0.25, -0.2) is 4.98 Å². The zero-order valence-corrected chi connectivity index (χ0v) is 8.20. The van der Waals surface area contributed by atoms with Crippen LogP contribution in [-0.4, -0.2) is 18.6 Å². The molecule has 0 bridgehead atoms. The van der Waals surface area contributed by atoms with Gasteiger partial charge in [-0.3, -0.25) is 0 Å². The molecule has 1 heterocycles. The molecule has 1 rings (SSSR count). The van der Waals surface area contributed by atoms with Crippen molar-refractivity contribution in [2.24, 2.45) is 0 Å². The first kappa shape index (κ1) is 9.53. The highest BCUT2D eigenvalue weighted by Gasteiger charge is 2.06.